The number of aryl methyl sites for hydroxylation is 1. The summed E-state index contributed by atoms with van der Waals surface area (Å²) in [6.45, 7) is 3.84. The molecule has 0 aliphatic heterocycles. The van der Waals surface area contributed by atoms with Gasteiger partial charge in [0.25, 0.3) is 10.0 Å². The maximum Gasteiger partial charge on any atom is 0.276 e. The Balaban J connectivity index is 2.24. The van der Waals surface area contributed by atoms with E-state index in [0.29, 0.717) is 12.1 Å². The molecule has 0 saturated carbocycles. The summed E-state index contributed by atoms with van der Waals surface area (Å²) in [5, 5.41) is 4.08. The van der Waals surface area contributed by atoms with Crippen molar-refractivity contribution in [2.45, 2.75) is 25.2 Å². The molecule has 2 rings (SSSR count). The Kier molecular flexibility index (Phi) is 5.37. The lowest BCUT2D eigenvalue weighted by Gasteiger charge is -2.07. The highest BCUT2D eigenvalue weighted by molar-refractivity contribution is 9.10. The van der Waals surface area contributed by atoms with Gasteiger partial charge < -0.3 is 0 Å². The number of hydrogen-bond donors (Lipinski definition) is 1. The molecule has 1 N–H and O–H groups in total. The summed E-state index contributed by atoms with van der Waals surface area (Å²) in [7, 11) is -3.65. The fourth-order valence-corrected chi connectivity index (χ4v) is 2.97. The van der Waals surface area contributed by atoms with Gasteiger partial charge in [0.2, 0.25) is 0 Å². The molecule has 0 amide bonds. The Morgan fingerprint density at radius 2 is 1.68 bits per heavy atom. The standard InChI is InChI=1S/C16H17BrN2O2S/c1-3-16(13-6-8-14(17)9-7-13)18-19-22(20,21)15-10-4-12(2)5-11-15/h4-11,19H,3H2,1-2H3. The topological polar surface area (TPSA) is 58.5 Å². The molecule has 2 aromatic rings. The average molecular weight is 381 g/mol. The first kappa shape index (κ1) is 16.7. The summed E-state index contributed by atoms with van der Waals surface area (Å²) in [5.41, 5.74) is 2.58. The molecule has 0 radical (unpaired) electrons. The van der Waals surface area contributed by atoms with E-state index in [9.17, 15) is 8.42 Å². The SMILES string of the molecule is CCC(=NNS(=O)(=O)c1ccc(C)cc1)c1ccc(Br)cc1. The van der Waals surface area contributed by atoms with Gasteiger partial charge in [-0.1, -0.05) is 52.7 Å². The van der Waals surface area contributed by atoms with Crippen LogP contribution >= 0.6 is 15.9 Å². The van der Waals surface area contributed by atoms with Crippen molar-refractivity contribution in [2.75, 3.05) is 0 Å². The van der Waals surface area contributed by atoms with Crippen molar-refractivity contribution in [1.29, 1.82) is 0 Å². The van der Waals surface area contributed by atoms with Crippen molar-refractivity contribution >= 4 is 31.7 Å². The van der Waals surface area contributed by atoms with Crippen LogP contribution in [0.1, 0.15) is 24.5 Å². The van der Waals surface area contributed by atoms with Gasteiger partial charge in [-0.05, 0) is 43.2 Å². The van der Waals surface area contributed by atoms with Gasteiger partial charge in [-0.2, -0.15) is 18.4 Å². The van der Waals surface area contributed by atoms with Crippen molar-refractivity contribution in [3.63, 3.8) is 0 Å². The number of nitrogens with zero attached hydrogens (tertiary/aromatic N) is 1. The van der Waals surface area contributed by atoms with Crippen LogP contribution in [0.15, 0.2) is 63.0 Å². The van der Waals surface area contributed by atoms with Gasteiger partial charge in [0.05, 0.1) is 10.6 Å². The monoisotopic (exact) mass is 380 g/mol. The lowest BCUT2D eigenvalue weighted by molar-refractivity contribution is 0.584. The molecular formula is C16H17BrN2O2S. The van der Waals surface area contributed by atoms with E-state index in [1.807, 2.05) is 38.1 Å². The third-order valence-corrected chi connectivity index (χ3v) is 4.90. The van der Waals surface area contributed by atoms with E-state index < -0.39 is 10.0 Å². The second kappa shape index (κ2) is 7.07. The Hall–Kier alpha value is -1.66. The smallest absolute Gasteiger partial charge is 0.200 e. The molecular weight excluding hydrogens is 364 g/mol. The van der Waals surface area contributed by atoms with Crippen LogP contribution in [0.2, 0.25) is 0 Å². The highest BCUT2D eigenvalue weighted by Crippen LogP contribution is 2.13. The summed E-state index contributed by atoms with van der Waals surface area (Å²) >= 11 is 3.37. The maximum atomic E-state index is 12.2. The van der Waals surface area contributed by atoms with E-state index in [0.717, 1.165) is 15.6 Å². The fourth-order valence-electron chi connectivity index (χ4n) is 1.88. The van der Waals surface area contributed by atoms with E-state index in [2.05, 4.69) is 25.9 Å². The van der Waals surface area contributed by atoms with Crippen LogP contribution in [-0.2, 0) is 10.0 Å². The minimum atomic E-state index is -3.65. The van der Waals surface area contributed by atoms with Crippen LogP contribution in [0, 0.1) is 6.92 Å². The average Bonchev–Trinajstić information content (AvgIpc) is 2.50. The zero-order valence-corrected chi connectivity index (χ0v) is 14.8. The number of hydrogen-bond acceptors (Lipinski definition) is 3. The van der Waals surface area contributed by atoms with E-state index >= 15 is 0 Å². The van der Waals surface area contributed by atoms with Crippen molar-refractivity contribution in [2.24, 2.45) is 5.10 Å². The molecule has 0 heterocycles. The van der Waals surface area contributed by atoms with Crippen LogP contribution < -0.4 is 4.83 Å². The van der Waals surface area contributed by atoms with E-state index in [4.69, 9.17) is 0 Å². The highest BCUT2D eigenvalue weighted by Gasteiger charge is 2.13. The summed E-state index contributed by atoms with van der Waals surface area (Å²) in [6, 6.07) is 14.2. The number of rotatable bonds is 5. The van der Waals surface area contributed by atoms with Crippen molar-refractivity contribution < 1.29 is 8.42 Å². The maximum absolute atomic E-state index is 12.2. The number of halogens is 1. The Labute approximate surface area is 139 Å². The lowest BCUT2D eigenvalue weighted by atomic mass is 10.1. The molecule has 2 aromatic carbocycles. The molecule has 22 heavy (non-hydrogen) atoms. The number of sulfonamides is 1. The van der Waals surface area contributed by atoms with Gasteiger partial charge in [-0.15, -0.1) is 0 Å². The summed E-state index contributed by atoms with van der Waals surface area (Å²) < 4.78 is 25.4. The zero-order chi connectivity index (χ0) is 16.2. The third-order valence-electron chi connectivity index (χ3n) is 3.14. The minimum absolute atomic E-state index is 0.202. The molecule has 0 unspecified atom stereocenters. The first-order valence-corrected chi connectivity index (χ1v) is 9.11. The predicted octanol–water partition coefficient (Wildman–Crippen LogP) is 3.85. The third kappa shape index (κ3) is 4.18. The van der Waals surface area contributed by atoms with Crippen LogP contribution in [0.3, 0.4) is 0 Å². The first-order chi connectivity index (χ1) is 10.4. The van der Waals surface area contributed by atoms with Crippen LogP contribution in [-0.4, -0.2) is 14.1 Å². The van der Waals surface area contributed by atoms with Gasteiger partial charge in [0, 0.05) is 4.47 Å². The van der Waals surface area contributed by atoms with E-state index in [-0.39, 0.29) is 4.90 Å². The van der Waals surface area contributed by atoms with Crippen molar-refractivity contribution in [1.82, 2.24) is 4.83 Å². The fraction of sp³-hybridized carbons (Fsp3) is 0.188. The van der Waals surface area contributed by atoms with Crippen molar-refractivity contribution in [3.05, 3.63) is 64.1 Å². The van der Waals surface area contributed by atoms with Gasteiger partial charge in [-0.25, -0.2) is 0 Å². The minimum Gasteiger partial charge on any atom is -0.200 e. The molecule has 0 aliphatic carbocycles. The molecule has 0 aliphatic rings. The molecule has 4 nitrogen and oxygen atoms in total. The second-order valence-electron chi connectivity index (χ2n) is 4.83. The van der Waals surface area contributed by atoms with Crippen molar-refractivity contribution in [3.8, 4) is 0 Å². The van der Waals surface area contributed by atoms with E-state index in [1.54, 1.807) is 24.3 Å². The molecule has 0 aromatic heterocycles. The summed E-state index contributed by atoms with van der Waals surface area (Å²) in [6.07, 6.45) is 0.623. The highest BCUT2D eigenvalue weighted by atomic mass is 79.9. The van der Waals surface area contributed by atoms with Gasteiger partial charge in [-0.3, -0.25) is 0 Å². The molecule has 0 saturated heterocycles. The Bertz CT molecular complexity index is 767. The molecule has 116 valence electrons. The molecule has 6 heteroatoms. The molecule has 0 atom stereocenters. The largest absolute Gasteiger partial charge is 0.276 e. The molecule has 0 fully saturated rings. The Morgan fingerprint density at radius 3 is 2.23 bits per heavy atom. The van der Waals surface area contributed by atoms with Gasteiger partial charge in [0.1, 0.15) is 0 Å². The summed E-state index contributed by atoms with van der Waals surface area (Å²) in [5.74, 6) is 0. The number of hydrazone groups is 1. The number of benzene rings is 2. The van der Waals surface area contributed by atoms with E-state index in [1.165, 1.54) is 0 Å². The molecule has 0 bridgehead atoms. The van der Waals surface area contributed by atoms with Crippen LogP contribution in [0.4, 0.5) is 0 Å². The van der Waals surface area contributed by atoms with Crippen LogP contribution in [0.25, 0.3) is 0 Å². The second-order valence-corrected chi connectivity index (χ2v) is 7.40. The van der Waals surface area contributed by atoms with Crippen LogP contribution in [0.5, 0.6) is 0 Å². The zero-order valence-electron chi connectivity index (χ0n) is 12.4. The molecule has 0 spiro atoms. The summed E-state index contributed by atoms with van der Waals surface area (Å²) in [4.78, 5) is 2.51. The number of nitrogens with one attached hydrogen (secondary N) is 1. The normalized spacial score (nSPS) is 12.2. The first-order valence-electron chi connectivity index (χ1n) is 6.83. The predicted molar refractivity (Wildman–Crippen MR) is 92.5 cm³/mol. The van der Waals surface area contributed by atoms with Gasteiger partial charge in [0.15, 0.2) is 0 Å². The van der Waals surface area contributed by atoms with Gasteiger partial charge >= 0.3 is 0 Å². The Morgan fingerprint density at radius 1 is 1.09 bits per heavy atom. The lowest BCUT2D eigenvalue weighted by Crippen LogP contribution is -2.20. The quantitative estimate of drug-likeness (QED) is 0.632.